The van der Waals surface area contributed by atoms with Gasteiger partial charge in [0.05, 0.1) is 7.11 Å². The maximum atomic E-state index is 11.4. The number of ether oxygens (including phenoxy) is 1. The van der Waals surface area contributed by atoms with E-state index in [0.717, 1.165) is 6.42 Å². The van der Waals surface area contributed by atoms with Gasteiger partial charge < -0.3 is 4.74 Å². The van der Waals surface area contributed by atoms with E-state index in [2.05, 4.69) is 34.7 Å². The van der Waals surface area contributed by atoms with Gasteiger partial charge in [-0.05, 0) is 12.3 Å². The maximum Gasteiger partial charge on any atom is 0.245 e. The molecule has 6 nitrogen and oxygen atoms in total. The van der Waals surface area contributed by atoms with Crippen LogP contribution in [-0.2, 0) is 4.79 Å². The average molecular weight is 238 g/mol. The molecule has 94 valence electrons. The van der Waals surface area contributed by atoms with Gasteiger partial charge >= 0.3 is 0 Å². The maximum absolute atomic E-state index is 11.4. The minimum atomic E-state index is -0.0786. The fraction of sp³-hybridized carbons (Fsp3) is 0.545. The molecule has 0 atom stereocenters. The fourth-order valence-corrected chi connectivity index (χ4v) is 1.12. The third-order valence-electron chi connectivity index (χ3n) is 2.10. The molecule has 1 heterocycles. The van der Waals surface area contributed by atoms with Crippen LogP contribution < -0.4 is 15.6 Å². The van der Waals surface area contributed by atoms with E-state index in [4.69, 9.17) is 4.74 Å². The van der Waals surface area contributed by atoms with Gasteiger partial charge in [-0.3, -0.25) is 15.6 Å². The molecular weight excluding hydrogens is 220 g/mol. The molecule has 0 bridgehead atoms. The number of hydrazine groups is 1. The lowest BCUT2D eigenvalue weighted by Crippen LogP contribution is -2.30. The van der Waals surface area contributed by atoms with Gasteiger partial charge in [0, 0.05) is 18.7 Å². The molecule has 0 spiro atoms. The number of amides is 1. The first-order chi connectivity index (χ1) is 8.11. The normalized spacial score (nSPS) is 10.1. The Bertz CT molecular complexity index is 368. The van der Waals surface area contributed by atoms with Crippen molar-refractivity contribution in [2.24, 2.45) is 5.92 Å². The molecule has 0 radical (unpaired) electrons. The highest BCUT2D eigenvalue weighted by Gasteiger charge is 2.04. The molecule has 17 heavy (non-hydrogen) atoms. The van der Waals surface area contributed by atoms with Crippen molar-refractivity contribution in [1.82, 2.24) is 15.4 Å². The van der Waals surface area contributed by atoms with E-state index in [0.29, 0.717) is 24.2 Å². The lowest BCUT2D eigenvalue weighted by molar-refractivity contribution is -0.120. The number of anilines is 1. The summed E-state index contributed by atoms with van der Waals surface area (Å²) in [4.78, 5) is 19.4. The lowest BCUT2D eigenvalue weighted by Gasteiger charge is -2.08. The fourth-order valence-electron chi connectivity index (χ4n) is 1.12. The molecule has 0 aliphatic carbocycles. The Morgan fingerprint density at radius 1 is 1.53 bits per heavy atom. The van der Waals surface area contributed by atoms with Crippen LogP contribution in [0.1, 0.15) is 26.7 Å². The number of hydrogen-bond acceptors (Lipinski definition) is 5. The van der Waals surface area contributed by atoms with Crippen molar-refractivity contribution < 1.29 is 9.53 Å². The molecular formula is C11H18N4O2. The molecule has 0 aliphatic rings. The number of nitrogens with zero attached hydrogens (tertiary/aromatic N) is 2. The van der Waals surface area contributed by atoms with Crippen molar-refractivity contribution in [1.29, 1.82) is 0 Å². The van der Waals surface area contributed by atoms with Crippen molar-refractivity contribution in [3.63, 3.8) is 0 Å². The van der Waals surface area contributed by atoms with Gasteiger partial charge in [0.25, 0.3) is 0 Å². The molecule has 0 aromatic carbocycles. The zero-order chi connectivity index (χ0) is 12.7. The van der Waals surface area contributed by atoms with Crippen LogP contribution in [0.5, 0.6) is 5.88 Å². The van der Waals surface area contributed by atoms with Crippen LogP contribution in [0.25, 0.3) is 0 Å². The van der Waals surface area contributed by atoms with Crippen molar-refractivity contribution in [2.45, 2.75) is 26.7 Å². The number of nitrogens with one attached hydrogen (secondary N) is 2. The number of hydrogen-bond donors (Lipinski definition) is 2. The van der Waals surface area contributed by atoms with E-state index in [-0.39, 0.29) is 5.91 Å². The minimum Gasteiger partial charge on any atom is -0.481 e. The minimum absolute atomic E-state index is 0.0786. The van der Waals surface area contributed by atoms with Gasteiger partial charge in [0.15, 0.2) is 0 Å². The largest absolute Gasteiger partial charge is 0.481 e. The van der Waals surface area contributed by atoms with Crippen LogP contribution in [0.3, 0.4) is 0 Å². The third-order valence-corrected chi connectivity index (χ3v) is 2.10. The number of rotatable bonds is 6. The second kappa shape index (κ2) is 6.67. The van der Waals surface area contributed by atoms with Crippen molar-refractivity contribution in [3.05, 3.63) is 12.3 Å². The van der Waals surface area contributed by atoms with Crippen LogP contribution in [0.2, 0.25) is 0 Å². The summed E-state index contributed by atoms with van der Waals surface area (Å²) in [6.45, 7) is 4.15. The Labute approximate surface area is 101 Å². The van der Waals surface area contributed by atoms with E-state index in [1.807, 2.05) is 0 Å². The van der Waals surface area contributed by atoms with Crippen molar-refractivity contribution >= 4 is 11.9 Å². The van der Waals surface area contributed by atoms with Crippen LogP contribution >= 0.6 is 0 Å². The average Bonchev–Trinajstić information content (AvgIpc) is 2.34. The first kappa shape index (κ1) is 13.2. The number of carbonyl (C=O) groups is 1. The van der Waals surface area contributed by atoms with Gasteiger partial charge in [-0.15, -0.1) is 0 Å². The van der Waals surface area contributed by atoms with Crippen LogP contribution in [-0.4, -0.2) is 23.0 Å². The third kappa shape index (κ3) is 5.14. The van der Waals surface area contributed by atoms with Crippen LogP contribution in [0.15, 0.2) is 12.3 Å². The Balaban J connectivity index is 2.36. The second-order valence-electron chi connectivity index (χ2n) is 4.03. The molecule has 1 amide bonds. The Hall–Kier alpha value is -1.85. The van der Waals surface area contributed by atoms with Gasteiger partial charge in [-0.1, -0.05) is 13.8 Å². The summed E-state index contributed by atoms with van der Waals surface area (Å²) in [5.74, 6) is 1.18. The van der Waals surface area contributed by atoms with E-state index in [9.17, 15) is 4.79 Å². The highest BCUT2D eigenvalue weighted by Crippen LogP contribution is 2.06. The topological polar surface area (TPSA) is 76.1 Å². The van der Waals surface area contributed by atoms with E-state index < -0.39 is 0 Å². The van der Waals surface area contributed by atoms with Crippen molar-refractivity contribution in [3.8, 4) is 5.88 Å². The molecule has 1 rings (SSSR count). The molecule has 1 aromatic rings. The Morgan fingerprint density at radius 2 is 2.29 bits per heavy atom. The molecule has 0 saturated carbocycles. The van der Waals surface area contributed by atoms with Crippen LogP contribution in [0.4, 0.5) is 5.95 Å². The first-order valence-electron chi connectivity index (χ1n) is 5.53. The van der Waals surface area contributed by atoms with Gasteiger partial charge in [-0.2, -0.15) is 4.98 Å². The van der Waals surface area contributed by atoms with Crippen LogP contribution in [0, 0.1) is 5.92 Å². The molecule has 0 saturated heterocycles. The Morgan fingerprint density at radius 3 is 2.94 bits per heavy atom. The second-order valence-corrected chi connectivity index (χ2v) is 4.03. The SMILES string of the molecule is COc1ccnc(NNC(=O)CCC(C)C)n1. The highest BCUT2D eigenvalue weighted by atomic mass is 16.5. The number of carbonyl (C=O) groups excluding carboxylic acids is 1. The first-order valence-corrected chi connectivity index (χ1v) is 5.53. The summed E-state index contributed by atoms with van der Waals surface area (Å²) in [6, 6.07) is 1.63. The zero-order valence-electron chi connectivity index (χ0n) is 10.4. The van der Waals surface area contributed by atoms with E-state index >= 15 is 0 Å². The quantitative estimate of drug-likeness (QED) is 0.732. The number of aromatic nitrogens is 2. The molecule has 1 aromatic heterocycles. The zero-order valence-corrected chi connectivity index (χ0v) is 10.4. The monoisotopic (exact) mass is 238 g/mol. The highest BCUT2D eigenvalue weighted by molar-refractivity contribution is 5.76. The summed E-state index contributed by atoms with van der Waals surface area (Å²) in [6.07, 6.45) is 2.88. The number of methoxy groups -OCH3 is 1. The molecule has 2 N–H and O–H groups in total. The summed E-state index contributed by atoms with van der Waals surface area (Å²) < 4.78 is 4.94. The summed E-state index contributed by atoms with van der Waals surface area (Å²) in [5, 5.41) is 0. The Kier molecular flexibility index (Phi) is 5.19. The van der Waals surface area contributed by atoms with Crippen molar-refractivity contribution in [2.75, 3.05) is 12.5 Å². The molecule has 0 fully saturated rings. The summed E-state index contributed by atoms with van der Waals surface area (Å²) >= 11 is 0. The van der Waals surface area contributed by atoms with Gasteiger partial charge in [-0.25, -0.2) is 4.98 Å². The molecule has 0 aliphatic heterocycles. The predicted octanol–water partition coefficient (Wildman–Crippen LogP) is 1.36. The molecule has 6 heteroatoms. The van der Waals surface area contributed by atoms with E-state index in [1.54, 1.807) is 12.3 Å². The predicted molar refractivity (Wildman–Crippen MR) is 64.4 cm³/mol. The van der Waals surface area contributed by atoms with Gasteiger partial charge in [0.2, 0.25) is 17.7 Å². The summed E-state index contributed by atoms with van der Waals surface area (Å²) in [5.41, 5.74) is 5.18. The van der Waals surface area contributed by atoms with E-state index in [1.165, 1.54) is 7.11 Å². The molecule has 0 unspecified atom stereocenters. The summed E-state index contributed by atoms with van der Waals surface area (Å²) in [7, 11) is 1.52. The standard InChI is InChI=1S/C11H18N4O2/c1-8(2)4-5-9(16)14-15-11-12-7-6-10(13-11)17-3/h6-8H,4-5H2,1-3H3,(H,14,16)(H,12,13,15). The smallest absolute Gasteiger partial charge is 0.245 e. The van der Waals surface area contributed by atoms with Gasteiger partial charge in [0.1, 0.15) is 0 Å². The lowest BCUT2D eigenvalue weighted by atomic mass is 10.1.